The molecule has 3 N–H and O–H groups in total. The number of benzene rings is 1. The number of carbonyl (C=O) groups excluding carboxylic acids is 1. The van der Waals surface area contributed by atoms with Crippen LogP contribution in [0.4, 0.5) is 10.5 Å². The standard InChI is InChI=1S/C10H14N2O3/c1-7(2)12-10(13)15-14-9-6-4-3-5-8(9)11/h3-7H,11H2,1-2H3,(H,12,13). The van der Waals surface area contributed by atoms with Crippen LogP contribution in [0, 0.1) is 0 Å². The summed E-state index contributed by atoms with van der Waals surface area (Å²) in [5, 5.41) is 2.51. The largest absolute Gasteiger partial charge is 0.450 e. The fourth-order valence-electron chi connectivity index (χ4n) is 0.899. The van der Waals surface area contributed by atoms with Gasteiger partial charge in [-0.2, -0.15) is 0 Å². The number of hydrogen-bond acceptors (Lipinski definition) is 4. The monoisotopic (exact) mass is 210 g/mol. The highest BCUT2D eigenvalue weighted by Crippen LogP contribution is 2.19. The fraction of sp³-hybridized carbons (Fsp3) is 0.300. The van der Waals surface area contributed by atoms with Gasteiger partial charge in [0, 0.05) is 6.04 Å². The Labute approximate surface area is 88.1 Å². The maximum Gasteiger partial charge on any atom is 0.450 e. The van der Waals surface area contributed by atoms with Gasteiger partial charge >= 0.3 is 6.09 Å². The Hall–Kier alpha value is -1.91. The molecule has 0 aliphatic rings. The van der Waals surface area contributed by atoms with Crippen LogP contribution in [0.3, 0.4) is 0 Å². The average Bonchev–Trinajstić information content (AvgIpc) is 2.15. The van der Waals surface area contributed by atoms with Crippen molar-refractivity contribution in [3.8, 4) is 5.75 Å². The first-order valence-electron chi connectivity index (χ1n) is 4.59. The Kier molecular flexibility index (Phi) is 3.79. The maximum atomic E-state index is 11.0. The number of para-hydroxylation sites is 2. The van der Waals surface area contributed by atoms with Crippen molar-refractivity contribution in [3.05, 3.63) is 24.3 Å². The minimum Gasteiger partial charge on any atom is -0.396 e. The van der Waals surface area contributed by atoms with E-state index in [1.807, 2.05) is 13.8 Å². The molecule has 0 spiro atoms. The van der Waals surface area contributed by atoms with Crippen molar-refractivity contribution in [3.63, 3.8) is 0 Å². The van der Waals surface area contributed by atoms with Gasteiger partial charge in [0.05, 0.1) is 5.69 Å². The Morgan fingerprint density at radius 3 is 2.67 bits per heavy atom. The molecule has 0 fully saturated rings. The lowest BCUT2D eigenvalue weighted by Crippen LogP contribution is -2.31. The summed E-state index contributed by atoms with van der Waals surface area (Å²) in [7, 11) is 0. The first-order valence-corrected chi connectivity index (χ1v) is 4.59. The lowest BCUT2D eigenvalue weighted by molar-refractivity contribution is -0.142. The van der Waals surface area contributed by atoms with E-state index in [-0.39, 0.29) is 6.04 Å². The summed E-state index contributed by atoms with van der Waals surface area (Å²) in [6, 6.07) is 6.75. The highest BCUT2D eigenvalue weighted by atomic mass is 17.2. The molecule has 0 saturated carbocycles. The minimum absolute atomic E-state index is 0.00535. The van der Waals surface area contributed by atoms with Crippen molar-refractivity contribution in [2.75, 3.05) is 5.73 Å². The first-order chi connectivity index (χ1) is 7.09. The topological polar surface area (TPSA) is 73.6 Å². The average molecular weight is 210 g/mol. The molecule has 5 nitrogen and oxygen atoms in total. The zero-order valence-corrected chi connectivity index (χ0v) is 8.69. The van der Waals surface area contributed by atoms with Gasteiger partial charge in [0.2, 0.25) is 5.75 Å². The summed E-state index contributed by atoms with van der Waals surface area (Å²) in [6.45, 7) is 3.64. The van der Waals surface area contributed by atoms with Gasteiger partial charge in [-0.3, -0.25) is 4.89 Å². The van der Waals surface area contributed by atoms with Gasteiger partial charge in [0.15, 0.2) is 0 Å². The van der Waals surface area contributed by atoms with Gasteiger partial charge in [-0.05, 0) is 26.0 Å². The molecule has 0 aliphatic heterocycles. The predicted octanol–water partition coefficient (Wildman–Crippen LogP) is 1.70. The SMILES string of the molecule is CC(C)NC(=O)OOc1ccccc1N. The molecular weight excluding hydrogens is 196 g/mol. The molecule has 0 saturated heterocycles. The zero-order chi connectivity index (χ0) is 11.3. The molecule has 0 atom stereocenters. The van der Waals surface area contributed by atoms with Gasteiger partial charge in [-0.15, -0.1) is 0 Å². The molecule has 0 aliphatic carbocycles. The van der Waals surface area contributed by atoms with Crippen LogP contribution in [0.5, 0.6) is 5.75 Å². The maximum absolute atomic E-state index is 11.0. The summed E-state index contributed by atoms with van der Waals surface area (Å²) in [5.41, 5.74) is 5.98. The second kappa shape index (κ2) is 5.09. The van der Waals surface area contributed by atoms with Gasteiger partial charge in [0.25, 0.3) is 0 Å². The van der Waals surface area contributed by atoms with Crippen molar-refractivity contribution in [1.82, 2.24) is 5.32 Å². The van der Waals surface area contributed by atoms with Crippen molar-refractivity contribution in [1.29, 1.82) is 0 Å². The van der Waals surface area contributed by atoms with E-state index in [9.17, 15) is 4.79 Å². The van der Waals surface area contributed by atoms with E-state index in [0.717, 1.165) is 0 Å². The van der Waals surface area contributed by atoms with E-state index >= 15 is 0 Å². The first kappa shape index (κ1) is 11.2. The van der Waals surface area contributed by atoms with Gasteiger partial charge < -0.3 is 11.1 Å². The number of nitrogens with one attached hydrogen (secondary N) is 1. The summed E-state index contributed by atoms with van der Waals surface area (Å²) < 4.78 is 0. The van der Waals surface area contributed by atoms with E-state index in [1.54, 1.807) is 24.3 Å². The number of nitrogen functional groups attached to an aromatic ring is 1. The van der Waals surface area contributed by atoms with E-state index in [0.29, 0.717) is 11.4 Å². The van der Waals surface area contributed by atoms with Crippen LogP contribution in [0.2, 0.25) is 0 Å². The summed E-state index contributed by atoms with van der Waals surface area (Å²) >= 11 is 0. The Morgan fingerprint density at radius 1 is 1.40 bits per heavy atom. The van der Waals surface area contributed by atoms with Crippen LogP contribution in [0.1, 0.15) is 13.8 Å². The summed E-state index contributed by atoms with van der Waals surface area (Å²) in [5.74, 6) is 0.316. The summed E-state index contributed by atoms with van der Waals surface area (Å²) in [4.78, 5) is 20.3. The fourth-order valence-corrected chi connectivity index (χ4v) is 0.899. The molecule has 0 aromatic heterocycles. The molecular formula is C10H14N2O3. The minimum atomic E-state index is -0.645. The molecule has 0 bridgehead atoms. The number of rotatable bonds is 3. The van der Waals surface area contributed by atoms with Crippen LogP contribution in [0.15, 0.2) is 24.3 Å². The number of amides is 1. The van der Waals surface area contributed by atoms with Gasteiger partial charge in [-0.1, -0.05) is 12.1 Å². The highest BCUT2D eigenvalue weighted by Gasteiger charge is 2.07. The van der Waals surface area contributed by atoms with Gasteiger partial charge in [-0.25, -0.2) is 9.68 Å². The second-order valence-electron chi connectivity index (χ2n) is 3.29. The highest BCUT2D eigenvalue weighted by molar-refractivity contribution is 5.67. The lowest BCUT2D eigenvalue weighted by atomic mass is 10.3. The van der Waals surface area contributed by atoms with Gasteiger partial charge in [0.1, 0.15) is 0 Å². The van der Waals surface area contributed by atoms with Crippen LogP contribution >= 0.6 is 0 Å². The third-order valence-corrected chi connectivity index (χ3v) is 1.53. The molecule has 1 rings (SSSR count). The Bertz CT molecular complexity index is 339. The molecule has 1 aromatic rings. The number of nitrogens with two attached hydrogens (primary N) is 1. The van der Waals surface area contributed by atoms with Crippen LogP contribution in [0.25, 0.3) is 0 Å². The molecule has 5 heteroatoms. The predicted molar refractivity (Wildman–Crippen MR) is 56.2 cm³/mol. The lowest BCUT2D eigenvalue weighted by Gasteiger charge is -2.09. The van der Waals surface area contributed by atoms with Crippen LogP contribution in [-0.4, -0.2) is 12.1 Å². The molecule has 0 radical (unpaired) electrons. The quantitative estimate of drug-likeness (QED) is 0.452. The van der Waals surface area contributed by atoms with E-state index < -0.39 is 6.09 Å². The Morgan fingerprint density at radius 2 is 2.07 bits per heavy atom. The number of carbonyl (C=O) groups is 1. The molecule has 1 aromatic carbocycles. The third kappa shape index (κ3) is 3.76. The van der Waals surface area contributed by atoms with Crippen molar-refractivity contribution < 1.29 is 14.6 Å². The third-order valence-electron chi connectivity index (χ3n) is 1.53. The van der Waals surface area contributed by atoms with E-state index in [1.165, 1.54) is 0 Å². The molecule has 1 amide bonds. The summed E-state index contributed by atoms with van der Waals surface area (Å²) in [6.07, 6.45) is -0.645. The van der Waals surface area contributed by atoms with Crippen LogP contribution in [-0.2, 0) is 4.89 Å². The van der Waals surface area contributed by atoms with Crippen molar-refractivity contribution in [2.45, 2.75) is 19.9 Å². The molecule has 0 heterocycles. The normalized spacial score (nSPS) is 9.80. The molecule has 82 valence electrons. The molecule has 15 heavy (non-hydrogen) atoms. The van der Waals surface area contributed by atoms with E-state index in [4.69, 9.17) is 10.6 Å². The zero-order valence-electron chi connectivity index (χ0n) is 8.69. The van der Waals surface area contributed by atoms with E-state index in [2.05, 4.69) is 10.2 Å². The Balaban J connectivity index is 2.44. The second-order valence-corrected chi connectivity index (χ2v) is 3.29. The number of anilines is 1. The smallest absolute Gasteiger partial charge is 0.396 e. The number of hydrogen-bond donors (Lipinski definition) is 2. The molecule has 0 unspecified atom stereocenters. The van der Waals surface area contributed by atoms with Crippen molar-refractivity contribution >= 4 is 11.8 Å². The van der Waals surface area contributed by atoms with Crippen molar-refractivity contribution in [2.24, 2.45) is 0 Å². The van der Waals surface area contributed by atoms with Crippen LogP contribution < -0.4 is 15.9 Å².